The van der Waals surface area contributed by atoms with E-state index in [-0.39, 0.29) is 17.4 Å². The number of nitrogens with zero attached hydrogens (tertiary/aromatic N) is 2. The van der Waals surface area contributed by atoms with Crippen LogP contribution >= 0.6 is 0 Å². The number of halogens is 1. The molecule has 2 aromatic carbocycles. The predicted octanol–water partition coefficient (Wildman–Crippen LogP) is 3.30. The van der Waals surface area contributed by atoms with E-state index < -0.39 is 0 Å². The Hall–Kier alpha value is -3.15. The average Bonchev–Trinajstić information content (AvgIpc) is 3.04. The molecule has 5 nitrogen and oxygen atoms in total. The van der Waals surface area contributed by atoms with Crippen LogP contribution < -0.4 is 10.1 Å². The van der Waals surface area contributed by atoms with Crippen LogP contribution in [0.4, 0.5) is 4.39 Å². The summed E-state index contributed by atoms with van der Waals surface area (Å²) in [5.74, 6) is 0.114. The summed E-state index contributed by atoms with van der Waals surface area (Å²) < 4.78 is 20.6. The van der Waals surface area contributed by atoms with Crippen molar-refractivity contribution in [3.05, 3.63) is 77.4 Å². The van der Waals surface area contributed by atoms with E-state index in [0.717, 1.165) is 11.3 Å². The standard InChI is InChI=1S/C20H20FN3O2/c1-14-12-18(23-24(14)19-9-4-3-8-17(19)21)20(25)22-11-10-15-6-5-7-16(13-15)26-2/h3-9,12-13H,10-11H2,1-2H3,(H,22,25). The molecule has 3 rings (SSSR count). The normalized spacial score (nSPS) is 10.6. The van der Waals surface area contributed by atoms with Gasteiger partial charge in [-0.25, -0.2) is 9.07 Å². The molecule has 0 unspecified atom stereocenters. The lowest BCUT2D eigenvalue weighted by Crippen LogP contribution is -2.26. The zero-order chi connectivity index (χ0) is 18.5. The van der Waals surface area contributed by atoms with Gasteiger partial charge in [0.1, 0.15) is 17.3 Å². The molecule has 26 heavy (non-hydrogen) atoms. The second-order valence-corrected chi connectivity index (χ2v) is 5.89. The Morgan fingerprint density at radius 3 is 2.77 bits per heavy atom. The zero-order valence-corrected chi connectivity index (χ0v) is 14.7. The van der Waals surface area contributed by atoms with Gasteiger partial charge in [-0.15, -0.1) is 0 Å². The Balaban J connectivity index is 1.65. The number of aromatic nitrogens is 2. The molecule has 0 saturated carbocycles. The Morgan fingerprint density at radius 1 is 1.19 bits per heavy atom. The lowest BCUT2D eigenvalue weighted by atomic mass is 10.1. The molecule has 0 radical (unpaired) electrons. The molecule has 0 saturated heterocycles. The third kappa shape index (κ3) is 3.91. The molecule has 0 aliphatic heterocycles. The number of nitrogens with one attached hydrogen (secondary N) is 1. The summed E-state index contributed by atoms with van der Waals surface area (Å²) in [6, 6.07) is 15.7. The molecule has 0 fully saturated rings. The van der Waals surface area contributed by atoms with Crippen molar-refractivity contribution >= 4 is 5.91 Å². The number of benzene rings is 2. The molecule has 0 aliphatic carbocycles. The first-order valence-electron chi connectivity index (χ1n) is 8.31. The molecule has 0 aliphatic rings. The van der Waals surface area contributed by atoms with E-state index in [1.165, 1.54) is 10.7 Å². The van der Waals surface area contributed by atoms with E-state index in [0.29, 0.717) is 24.3 Å². The van der Waals surface area contributed by atoms with Gasteiger partial charge in [0.2, 0.25) is 0 Å². The third-order valence-electron chi connectivity index (χ3n) is 4.03. The first kappa shape index (κ1) is 17.7. The van der Waals surface area contributed by atoms with Crippen LogP contribution in [0.15, 0.2) is 54.6 Å². The van der Waals surface area contributed by atoms with Gasteiger partial charge in [-0.05, 0) is 49.2 Å². The summed E-state index contributed by atoms with van der Waals surface area (Å²) in [5, 5.41) is 7.08. The molecule has 6 heteroatoms. The highest BCUT2D eigenvalue weighted by atomic mass is 19.1. The Bertz CT molecular complexity index is 921. The Labute approximate surface area is 151 Å². The molecule has 0 bridgehead atoms. The quantitative estimate of drug-likeness (QED) is 0.740. The van der Waals surface area contributed by atoms with Crippen LogP contribution in [0.5, 0.6) is 5.75 Å². The monoisotopic (exact) mass is 353 g/mol. The van der Waals surface area contributed by atoms with Crippen LogP contribution in [0.25, 0.3) is 5.69 Å². The molecule has 0 spiro atoms. The highest BCUT2D eigenvalue weighted by Gasteiger charge is 2.14. The van der Waals surface area contributed by atoms with Crippen LogP contribution in [0, 0.1) is 12.7 Å². The van der Waals surface area contributed by atoms with E-state index in [1.54, 1.807) is 38.3 Å². The smallest absolute Gasteiger partial charge is 0.271 e. The van der Waals surface area contributed by atoms with Crippen molar-refractivity contribution in [2.24, 2.45) is 0 Å². The van der Waals surface area contributed by atoms with Gasteiger partial charge in [0.15, 0.2) is 5.69 Å². The summed E-state index contributed by atoms with van der Waals surface area (Å²) >= 11 is 0. The Morgan fingerprint density at radius 2 is 2.00 bits per heavy atom. The van der Waals surface area contributed by atoms with Gasteiger partial charge in [0, 0.05) is 12.2 Å². The van der Waals surface area contributed by atoms with Crippen molar-refractivity contribution in [3.63, 3.8) is 0 Å². The molecule has 134 valence electrons. The summed E-state index contributed by atoms with van der Waals surface area (Å²) in [5.41, 5.74) is 2.34. The second kappa shape index (κ2) is 7.82. The van der Waals surface area contributed by atoms with Gasteiger partial charge in [0.05, 0.1) is 7.11 Å². The SMILES string of the molecule is COc1cccc(CCNC(=O)c2cc(C)n(-c3ccccc3F)n2)c1. The molecular weight excluding hydrogens is 333 g/mol. The van der Waals surface area contributed by atoms with Gasteiger partial charge in [0.25, 0.3) is 5.91 Å². The van der Waals surface area contributed by atoms with E-state index in [1.807, 2.05) is 24.3 Å². The predicted molar refractivity (Wildman–Crippen MR) is 97.3 cm³/mol. The number of para-hydroxylation sites is 1. The van der Waals surface area contributed by atoms with Crippen molar-refractivity contribution in [2.45, 2.75) is 13.3 Å². The molecule has 1 amide bonds. The first-order chi connectivity index (χ1) is 12.6. The summed E-state index contributed by atoms with van der Waals surface area (Å²) in [6.07, 6.45) is 0.677. The van der Waals surface area contributed by atoms with E-state index in [9.17, 15) is 9.18 Å². The van der Waals surface area contributed by atoms with Crippen molar-refractivity contribution in [1.82, 2.24) is 15.1 Å². The number of amides is 1. The summed E-state index contributed by atoms with van der Waals surface area (Å²) in [7, 11) is 1.62. The van der Waals surface area contributed by atoms with E-state index in [2.05, 4.69) is 10.4 Å². The second-order valence-electron chi connectivity index (χ2n) is 5.89. The number of ether oxygens (including phenoxy) is 1. The number of hydrogen-bond donors (Lipinski definition) is 1. The van der Waals surface area contributed by atoms with Crippen molar-refractivity contribution in [1.29, 1.82) is 0 Å². The van der Waals surface area contributed by atoms with Crippen LogP contribution in [0.2, 0.25) is 0 Å². The number of hydrogen-bond acceptors (Lipinski definition) is 3. The minimum absolute atomic E-state index is 0.261. The van der Waals surface area contributed by atoms with Crippen LogP contribution in [-0.2, 0) is 6.42 Å². The van der Waals surface area contributed by atoms with Crippen LogP contribution in [0.1, 0.15) is 21.7 Å². The van der Waals surface area contributed by atoms with Crippen LogP contribution in [0.3, 0.4) is 0 Å². The maximum atomic E-state index is 13.9. The van der Waals surface area contributed by atoms with Gasteiger partial charge in [-0.1, -0.05) is 24.3 Å². The minimum atomic E-state index is -0.385. The highest BCUT2D eigenvalue weighted by Crippen LogP contribution is 2.16. The molecule has 0 atom stereocenters. The number of aryl methyl sites for hydroxylation is 1. The summed E-state index contributed by atoms with van der Waals surface area (Å²) in [4.78, 5) is 12.3. The number of methoxy groups -OCH3 is 1. The molecule has 1 heterocycles. The van der Waals surface area contributed by atoms with Gasteiger partial charge in [-0.2, -0.15) is 5.10 Å². The molecule has 1 aromatic heterocycles. The maximum absolute atomic E-state index is 13.9. The summed E-state index contributed by atoms with van der Waals surface area (Å²) in [6.45, 7) is 2.25. The minimum Gasteiger partial charge on any atom is -0.497 e. The lowest BCUT2D eigenvalue weighted by molar-refractivity contribution is 0.0948. The van der Waals surface area contributed by atoms with Crippen molar-refractivity contribution in [3.8, 4) is 11.4 Å². The zero-order valence-electron chi connectivity index (χ0n) is 14.7. The van der Waals surface area contributed by atoms with Crippen molar-refractivity contribution in [2.75, 3.05) is 13.7 Å². The van der Waals surface area contributed by atoms with E-state index in [4.69, 9.17) is 4.74 Å². The molecular formula is C20H20FN3O2. The number of carbonyl (C=O) groups is 1. The largest absolute Gasteiger partial charge is 0.497 e. The lowest BCUT2D eigenvalue weighted by Gasteiger charge is -2.06. The Kier molecular flexibility index (Phi) is 5.31. The fraction of sp³-hybridized carbons (Fsp3) is 0.200. The molecule has 3 aromatic rings. The van der Waals surface area contributed by atoms with Gasteiger partial charge in [-0.3, -0.25) is 4.79 Å². The number of rotatable bonds is 6. The van der Waals surface area contributed by atoms with Gasteiger partial charge >= 0.3 is 0 Å². The third-order valence-corrected chi connectivity index (χ3v) is 4.03. The highest BCUT2D eigenvalue weighted by molar-refractivity contribution is 5.92. The average molecular weight is 353 g/mol. The maximum Gasteiger partial charge on any atom is 0.271 e. The molecule has 1 N–H and O–H groups in total. The topological polar surface area (TPSA) is 56.1 Å². The van der Waals surface area contributed by atoms with Crippen LogP contribution in [-0.4, -0.2) is 29.3 Å². The van der Waals surface area contributed by atoms with E-state index >= 15 is 0 Å². The fourth-order valence-electron chi connectivity index (χ4n) is 2.69. The van der Waals surface area contributed by atoms with Crippen molar-refractivity contribution < 1.29 is 13.9 Å². The van der Waals surface area contributed by atoms with Gasteiger partial charge < -0.3 is 10.1 Å². The fourth-order valence-corrected chi connectivity index (χ4v) is 2.69. The number of carbonyl (C=O) groups excluding carboxylic acids is 1. The first-order valence-corrected chi connectivity index (χ1v) is 8.31.